The van der Waals surface area contributed by atoms with Gasteiger partial charge in [-0.05, 0) is 12.3 Å². The van der Waals surface area contributed by atoms with Gasteiger partial charge in [0.1, 0.15) is 11.9 Å². The summed E-state index contributed by atoms with van der Waals surface area (Å²) in [7, 11) is 1.52. The third kappa shape index (κ3) is 2.54. The predicted molar refractivity (Wildman–Crippen MR) is 77.2 cm³/mol. The van der Waals surface area contributed by atoms with Crippen LogP contribution in [0.4, 0.5) is 5.82 Å². The normalized spacial score (nSPS) is 11.9. The molecule has 0 saturated heterocycles. The van der Waals surface area contributed by atoms with Crippen molar-refractivity contribution in [1.82, 2.24) is 15.6 Å². The summed E-state index contributed by atoms with van der Waals surface area (Å²) in [6.07, 6.45) is 1.42. The zero-order valence-corrected chi connectivity index (χ0v) is 11.3. The molecule has 1 atom stereocenters. The average Bonchev–Trinajstić information content (AvgIpc) is 2.46. The first-order valence-electron chi connectivity index (χ1n) is 6.20. The van der Waals surface area contributed by atoms with Gasteiger partial charge in [0.25, 0.3) is 5.91 Å². The van der Waals surface area contributed by atoms with Crippen LogP contribution in [0.1, 0.15) is 17.3 Å². The van der Waals surface area contributed by atoms with Gasteiger partial charge in [0, 0.05) is 18.6 Å². The van der Waals surface area contributed by atoms with Crippen LogP contribution >= 0.6 is 0 Å². The molecule has 0 aliphatic rings. The molecule has 2 amide bonds. The summed E-state index contributed by atoms with van der Waals surface area (Å²) in [5, 5.41) is 6.53. The fraction of sp³-hybridized carbons (Fsp3) is 0.214. The second kappa shape index (κ2) is 5.56. The van der Waals surface area contributed by atoms with Gasteiger partial charge in [-0.15, -0.1) is 0 Å². The quantitative estimate of drug-likeness (QED) is 0.765. The Labute approximate surface area is 116 Å². The van der Waals surface area contributed by atoms with Crippen molar-refractivity contribution >= 4 is 28.4 Å². The standard InChI is InChI=1S/C14H16N4O2/c1-8(13(19)16-2)18-14(20)11-7-17-12(15)10-6-4-3-5-9(10)11/h3-8H,1-2H3,(H2,15,17)(H,16,19)(H,18,20). The summed E-state index contributed by atoms with van der Waals surface area (Å²) in [6.45, 7) is 1.61. The monoisotopic (exact) mass is 272 g/mol. The minimum Gasteiger partial charge on any atom is -0.383 e. The maximum absolute atomic E-state index is 12.2. The van der Waals surface area contributed by atoms with E-state index in [1.165, 1.54) is 13.2 Å². The van der Waals surface area contributed by atoms with Gasteiger partial charge in [-0.2, -0.15) is 0 Å². The van der Waals surface area contributed by atoms with Crippen LogP contribution in [-0.4, -0.2) is 29.9 Å². The van der Waals surface area contributed by atoms with Crippen LogP contribution in [0.5, 0.6) is 0 Å². The van der Waals surface area contributed by atoms with Gasteiger partial charge in [-0.25, -0.2) is 4.98 Å². The summed E-state index contributed by atoms with van der Waals surface area (Å²) < 4.78 is 0. The van der Waals surface area contributed by atoms with E-state index in [1.54, 1.807) is 19.1 Å². The first kappa shape index (κ1) is 13.8. The van der Waals surface area contributed by atoms with Crippen LogP contribution in [0.15, 0.2) is 30.5 Å². The van der Waals surface area contributed by atoms with Crippen LogP contribution in [0.3, 0.4) is 0 Å². The van der Waals surface area contributed by atoms with Crippen LogP contribution in [0.2, 0.25) is 0 Å². The lowest BCUT2D eigenvalue weighted by molar-refractivity contribution is -0.122. The minimum absolute atomic E-state index is 0.258. The number of nitrogens with two attached hydrogens (primary N) is 1. The molecule has 1 heterocycles. The molecule has 0 fully saturated rings. The van der Waals surface area contributed by atoms with Crippen molar-refractivity contribution in [2.45, 2.75) is 13.0 Å². The lowest BCUT2D eigenvalue weighted by Gasteiger charge is -2.13. The molecule has 0 saturated carbocycles. The molecule has 0 aliphatic heterocycles. The number of benzene rings is 1. The Kier molecular flexibility index (Phi) is 3.84. The highest BCUT2D eigenvalue weighted by Gasteiger charge is 2.17. The maximum Gasteiger partial charge on any atom is 0.254 e. The molecule has 1 unspecified atom stereocenters. The van der Waals surface area contributed by atoms with E-state index in [0.717, 1.165) is 0 Å². The first-order chi connectivity index (χ1) is 9.54. The number of nitrogens with zero attached hydrogens (tertiary/aromatic N) is 1. The molecule has 4 N–H and O–H groups in total. The zero-order valence-electron chi connectivity index (χ0n) is 11.3. The summed E-state index contributed by atoms with van der Waals surface area (Å²) in [5.74, 6) is -0.243. The largest absolute Gasteiger partial charge is 0.383 e. The highest BCUT2D eigenvalue weighted by molar-refractivity contribution is 6.09. The van der Waals surface area contributed by atoms with Gasteiger partial charge in [0.15, 0.2) is 0 Å². The predicted octanol–water partition coefficient (Wildman–Crippen LogP) is 0.681. The molecule has 2 aromatic rings. The molecule has 104 valence electrons. The van der Waals surface area contributed by atoms with Crippen molar-refractivity contribution in [2.75, 3.05) is 12.8 Å². The lowest BCUT2D eigenvalue weighted by atomic mass is 10.1. The van der Waals surface area contributed by atoms with Crippen LogP contribution < -0.4 is 16.4 Å². The number of carbonyl (C=O) groups excluding carboxylic acids is 2. The number of fused-ring (bicyclic) bond motifs is 1. The van der Waals surface area contributed by atoms with E-state index in [0.29, 0.717) is 22.2 Å². The van der Waals surface area contributed by atoms with E-state index in [-0.39, 0.29) is 11.8 Å². The van der Waals surface area contributed by atoms with Crippen LogP contribution in [-0.2, 0) is 4.79 Å². The highest BCUT2D eigenvalue weighted by Crippen LogP contribution is 2.22. The van der Waals surface area contributed by atoms with Crippen molar-refractivity contribution < 1.29 is 9.59 Å². The number of likely N-dealkylation sites (N-methyl/N-ethyl adjacent to an activating group) is 1. The first-order valence-corrected chi connectivity index (χ1v) is 6.20. The Bertz CT molecular complexity index is 669. The van der Waals surface area contributed by atoms with Crippen molar-refractivity contribution in [3.63, 3.8) is 0 Å². The molecule has 0 aliphatic carbocycles. The van der Waals surface area contributed by atoms with Crippen LogP contribution in [0, 0.1) is 0 Å². The Balaban J connectivity index is 2.36. The Morgan fingerprint density at radius 3 is 2.55 bits per heavy atom. The molecule has 2 rings (SSSR count). The fourth-order valence-corrected chi connectivity index (χ4v) is 1.95. The number of carbonyl (C=O) groups is 2. The number of aromatic nitrogens is 1. The van der Waals surface area contributed by atoms with Gasteiger partial charge in [0.2, 0.25) is 5.91 Å². The van der Waals surface area contributed by atoms with Gasteiger partial charge < -0.3 is 16.4 Å². The number of pyridine rings is 1. The molecule has 6 nitrogen and oxygen atoms in total. The molecule has 0 radical (unpaired) electrons. The SMILES string of the molecule is CNC(=O)C(C)NC(=O)c1cnc(N)c2ccccc12. The molecule has 0 spiro atoms. The van der Waals surface area contributed by atoms with Gasteiger partial charge in [-0.1, -0.05) is 24.3 Å². The number of amides is 2. The summed E-state index contributed by atoms with van der Waals surface area (Å²) >= 11 is 0. The number of hydrogen-bond acceptors (Lipinski definition) is 4. The summed E-state index contributed by atoms with van der Waals surface area (Å²) in [6, 6.07) is 6.63. The molecule has 6 heteroatoms. The number of nitrogens with one attached hydrogen (secondary N) is 2. The number of anilines is 1. The Hall–Kier alpha value is -2.63. The lowest BCUT2D eigenvalue weighted by Crippen LogP contribution is -2.43. The molecule has 1 aromatic carbocycles. The third-order valence-corrected chi connectivity index (χ3v) is 3.06. The van der Waals surface area contributed by atoms with E-state index >= 15 is 0 Å². The number of rotatable bonds is 3. The van der Waals surface area contributed by atoms with Crippen molar-refractivity contribution in [3.8, 4) is 0 Å². The van der Waals surface area contributed by atoms with E-state index in [2.05, 4.69) is 15.6 Å². The molecule has 20 heavy (non-hydrogen) atoms. The molecule has 0 bridgehead atoms. The smallest absolute Gasteiger partial charge is 0.254 e. The average molecular weight is 272 g/mol. The van der Waals surface area contributed by atoms with Crippen molar-refractivity contribution in [1.29, 1.82) is 0 Å². The summed E-state index contributed by atoms with van der Waals surface area (Å²) in [5.41, 5.74) is 6.18. The number of nitrogen functional groups attached to an aromatic ring is 1. The van der Waals surface area contributed by atoms with Crippen molar-refractivity contribution in [3.05, 3.63) is 36.0 Å². The maximum atomic E-state index is 12.2. The van der Waals surface area contributed by atoms with E-state index < -0.39 is 6.04 Å². The minimum atomic E-state index is -0.621. The van der Waals surface area contributed by atoms with Gasteiger partial charge in [-0.3, -0.25) is 9.59 Å². The summed E-state index contributed by atoms with van der Waals surface area (Å²) in [4.78, 5) is 27.7. The topological polar surface area (TPSA) is 97.1 Å². The molecular formula is C14H16N4O2. The van der Waals surface area contributed by atoms with E-state index in [9.17, 15) is 9.59 Å². The Morgan fingerprint density at radius 2 is 1.90 bits per heavy atom. The second-order valence-corrected chi connectivity index (χ2v) is 4.41. The van der Waals surface area contributed by atoms with Gasteiger partial charge in [0.05, 0.1) is 5.56 Å². The van der Waals surface area contributed by atoms with Gasteiger partial charge >= 0.3 is 0 Å². The van der Waals surface area contributed by atoms with Crippen molar-refractivity contribution in [2.24, 2.45) is 0 Å². The number of hydrogen-bond donors (Lipinski definition) is 3. The molecular weight excluding hydrogens is 256 g/mol. The highest BCUT2D eigenvalue weighted by atomic mass is 16.2. The second-order valence-electron chi connectivity index (χ2n) is 4.41. The Morgan fingerprint density at radius 1 is 1.25 bits per heavy atom. The van der Waals surface area contributed by atoms with E-state index in [1.807, 2.05) is 12.1 Å². The fourth-order valence-electron chi connectivity index (χ4n) is 1.95. The van der Waals surface area contributed by atoms with Crippen LogP contribution in [0.25, 0.3) is 10.8 Å². The third-order valence-electron chi connectivity index (χ3n) is 3.06. The zero-order chi connectivity index (χ0) is 14.7. The van der Waals surface area contributed by atoms with E-state index in [4.69, 9.17) is 5.73 Å². The molecule has 1 aromatic heterocycles.